The first-order valence-corrected chi connectivity index (χ1v) is 16.1. The van der Waals surface area contributed by atoms with E-state index in [4.69, 9.17) is 18.9 Å². The number of carbonyl (C=O) groups excluding carboxylic acids is 3. The third-order valence-electron chi connectivity index (χ3n) is 12.4. The molecule has 43 heavy (non-hydrogen) atoms. The van der Waals surface area contributed by atoms with Crippen molar-refractivity contribution < 1.29 is 43.5 Å². The van der Waals surface area contributed by atoms with Gasteiger partial charge in [-0.3, -0.25) is 14.4 Å². The monoisotopic (exact) mass is 604 g/mol. The normalized spacial score (nSPS) is 45.8. The molecule has 2 aliphatic heterocycles. The molecular weight excluding hydrogens is 552 g/mol. The van der Waals surface area contributed by atoms with E-state index in [-0.39, 0.29) is 41.5 Å². The summed E-state index contributed by atoms with van der Waals surface area (Å²) < 4.78 is 24.3. The van der Waals surface area contributed by atoms with Crippen LogP contribution in [0, 0.1) is 39.9 Å². The first-order valence-electron chi connectivity index (χ1n) is 16.1. The fourth-order valence-corrected chi connectivity index (χ4v) is 10.8. The molecule has 4 fully saturated rings. The number of cyclic esters (lactones) is 1. The van der Waals surface area contributed by atoms with Gasteiger partial charge in [-0.05, 0) is 83.0 Å². The van der Waals surface area contributed by atoms with E-state index in [1.165, 1.54) is 19.4 Å². The van der Waals surface area contributed by atoms with Gasteiger partial charge in [0.1, 0.15) is 23.9 Å². The Hall–Kier alpha value is -1.97. The quantitative estimate of drug-likeness (QED) is 0.271. The molecule has 9 heteroatoms. The highest BCUT2D eigenvalue weighted by atomic mass is 16.6. The van der Waals surface area contributed by atoms with E-state index >= 15 is 0 Å². The van der Waals surface area contributed by atoms with Gasteiger partial charge in [0, 0.05) is 30.6 Å². The Balaban J connectivity index is 1.56. The first kappa shape index (κ1) is 32.4. The highest BCUT2D eigenvalue weighted by molar-refractivity contribution is 5.73. The summed E-state index contributed by atoms with van der Waals surface area (Å²) >= 11 is 0. The Morgan fingerprint density at radius 1 is 1.00 bits per heavy atom. The van der Waals surface area contributed by atoms with Crippen LogP contribution >= 0.6 is 0 Å². The molecule has 3 aliphatic carbocycles. The van der Waals surface area contributed by atoms with Crippen molar-refractivity contribution in [3.05, 3.63) is 11.6 Å². The zero-order chi connectivity index (χ0) is 31.9. The predicted molar refractivity (Wildman–Crippen MR) is 157 cm³/mol. The van der Waals surface area contributed by atoms with Crippen molar-refractivity contribution >= 4 is 17.9 Å². The van der Waals surface area contributed by atoms with Crippen molar-refractivity contribution in [1.29, 1.82) is 0 Å². The lowest BCUT2D eigenvalue weighted by Crippen LogP contribution is -2.67. The Labute approximate surface area is 256 Å². The summed E-state index contributed by atoms with van der Waals surface area (Å²) in [6.07, 6.45) is 3.27. The molecule has 0 spiro atoms. The van der Waals surface area contributed by atoms with Crippen LogP contribution in [0.25, 0.3) is 0 Å². The summed E-state index contributed by atoms with van der Waals surface area (Å²) in [5.74, 6) is -1.14. The molecule has 0 aromatic carbocycles. The minimum absolute atomic E-state index is 0.0144. The highest BCUT2D eigenvalue weighted by Gasteiger charge is 2.71. The maximum absolute atomic E-state index is 13.1. The minimum atomic E-state index is -1.14. The van der Waals surface area contributed by atoms with Gasteiger partial charge >= 0.3 is 17.9 Å². The summed E-state index contributed by atoms with van der Waals surface area (Å²) in [5, 5.41) is 21.6. The summed E-state index contributed by atoms with van der Waals surface area (Å²) in [4.78, 5) is 38.1. The van der Waals surface area contributed by atoms with Gasteiger partial charge in [-0.15, -0.1) is 0 Å². The SMILES string of the molecule is CC(=O)OC1CC2C(C)(C)OC(=O)CC(OC(C)=O)C2(C)C2CCC3(C)C(=CCC3C3COC(C(C)(C)O)C(O)C3)C12C. The maximum Gasteiger partial charge on any atom is 0.310 e. The number of aliphatic hydroxyl groups is 2. The van der Waals surface area contributed by atoms with Gasteiger partial charge < -0.3 is 29.2 Å². The molecule has 5 aliphatic rings. The van der Waals surface area contributed by atoms with Crippen LogP contribution < -0.4 is 0 Å². The number of allylic oxidation sites excluding steroid dienone is 1. The van der Waals surface area contributed by atoms with E-state index in [0.717, 1.165) is 19.3 Å². The van der Waals surface area contributed by atoms with Crippen LogP contribution in [0.4, 0.5) is 0 Å². The smallest absolute Gasteiger partial charge is 0.310 e. The topological polar surface area (TPSA) is 129 Å². The Morgan fingerprint density at radius 3 is 2.21 bits per heavy atom. The molecule has 0 aromatic heterocycles. The van der Waals surface area contributed by atoms with Crippen LogP contribution in [0.5, 0.6) is 0 Å². The van der Waals surface area contributed by atoms with Crippen molar-refractivity contribution in [2.45, 2.75) is 136 Å². The zero-order valence-electron chi connectivity index (χ0n) is 27.4. The Bertz CT molecular complexity index is 1180. The fraction of sp³-hybridized carbons (Fsp3) is 0.853. The van der Waals surface area contributed by atoms with Crippen molar-refractivity contribution in [1.82, 2.24) is 0 Å². The molecule has 11 atom stereocenters. The standard InChI is InChI=1S/C34H52O9/c1-18(35)41-26-15-25-31(5,6)43-28(38)16-27(42-19(2)36)34(25,9)24-12-13-32(7)21(10-11-23(32)33(24,26)8)20-14-22(37)29(40-17-20)30(3,4)39/h11,20-22,24-27,29,37,39H,10,12-17H2,1-9H3. The van der Waals surface area contributed by atoms with Crippen LogP contribution in [0.3, 0.4) is 0 Å². The van der Waals surface area contributed by atoms with Gasteiger partial charge in [-0.25, -0.2) is 0 Å². The lowest BCUT2D eigenvalue weighted by atomic mass is 9.39. The number of aliphatic hydroxyl groups excluding tert-OH is 1. The van der Waals surface area contributed by atoms with Crippen LogP contribution in [0.1, 0.15) is 101 Å². The summed E-state index contributed by atoms with van der Waals surface area (Å²) in [7, 11) is 0. The molecule has 2 saturated heterocycles. The lowest BCUT2D eigenvalue weighted by Gasteiger charge is -2.66. The van der Waals surface area contributed by atoms with Crippen molar-refractivity contribution in [3.63, 3.8) is 0 Å². The number of hydrogen-bond acceptors (Lipinski definition) is 9. The number of esters is 3. The molecule has 0 bridgehead atoms. The van der Waals surface area contributed by atoms with Crippen molar-refractivity contribution in [3.8, 4) is 0 Å². The Morgan fingerprint density at radius 2 is 1.63 bits per heavy atom. The van der Waals surface area contributed by atoms with Crippen molar-refractivity contribution in [2.75, 3.05) is 6.61 Å². The molecule has 242 valence electrons. The number of ether oxygens (including phenoxy) is 4. The molecule has 2 N–H and O–H groups in total. The van der Waals surface area contributed by atoms with Crippen LogP contribution in [0.15, 0.2) is 11.6 Å². The molecular formula is C34H52O9. The lowest BCUT2D eigenvalue weighted by molar-refractivity contribution is -0.228. The molecule has 0 radical (unpaired) electrons. The zero-order valence-corrected chi connectivity index (χ0v) is 27.4. The van der Waals surface area contributed by atoms with Gasteiger partial charge in [0.15, 0.2) is 0 Å². The van der Waals surface area contributed by atoms with Gasteiger partial charge in [0.25, 0.3) is 0 Å². The number of carbonyl (C=O) groups is 3. The average molecular weight is 605 g/mol. The number of hydrogen-bond donors (Lipinski definition) is 2. The second-order valence-electron chi connectivity index (χ2n) is 15.9. The van der Waals surface area contributed by atoms with Crippen LogP contribution in [-0.2, 0) is 33.3 Å². The second-order valence-corrected chi connectivity index (χ2v) is 15.9. The number of rotatable bonds is 4. The minimum Gasteiger partial charge on any atom is -0.462 e. The number of fused-ring (bicyclic) bond motifs is 5. The molecule has 5 rings (SSSR count). The third-order valence-corrected chi connectivity index (χ3v) is 12.4. The molecule has 2 saturated carbocycles. The van der Waals surface area contributed by atoms with Gasteiger partial charge in [0.05, 0.1) is 24.7 Å². The molecule has 11 unspecified atom stereocenters. The van der Waals surface area contributed by atoms with E-state index in [1.807, 2.05) is 13.8 Å². The van der Waals surface area contributed by atoms with Gasteiger partial charge in [-0.1, -0.05) is 32.4 Å². The molecule has 0 amide bonds. The second kappa shape index (κ2) is 10.5. The largest absolute Gasteiger partial charge is 0.462 e. The average Bonchev–Trinajstić information content (AvgIpc) is 3.18. The van der Waals surface area contributed by atoms with E-state index in [0.29, 0.717) is 19.4 Å². The molecule has 0 aromatic rings. The molecule has 9 nitrogen and oxygen atoms in total. The Kier molecular flexibility index (Phi) is 7.95. The fourth-order valence-electron chi connectivity index (χ4n) is 10.8. The van der Waals surface area contributed by atoms with E-state index in [1.54, 1.807) is 13.8 Å². The van der Waals surface area contributed by atoms with Gasteiger partial charge in [0.2, 0.25) is 0 Å². The van der Waals surface area contributed by atoms with Gasteiger partial charge in [-0.2, -0.15) is 0 Å². The van der Waals surface area contributed by atoms with Crippen LogP contribution in [0.2, 0.25) is 0 Å². The van der Waals surface area contributed by atoms with Crippen LogP contribution in [-0.4, -0.2) is 70.3 Å². The summed E-state index contributed by atoms with van der Waals surface area (Å²) in [6.45, 7) is 17.1. The highest BCUT2D eigenvalue weighted by Crippen LogP contribution is 2.72. The summed E-state index contributed by atoms with van der Waals surface area (Å²) in [6, 6.07) is 0. The first-order chi connectivity index (χ1) is 19.8. The third kappa shape index (κ3) is 5.05. The van der Waals surface area contributed by atoms with E-state index in [9.17, 15) is 24.6 Å². The van der Waals surface area contributed by atoms with Crippen molar-refractivity contribution in [2.24, 2.45) is 39.9 Å². The predicted octanol–water partition coefficient (Wildman–Crippen LogP) is 4.51. The maximum atomic E-state index is 13.1. The molecule has 2 heterocycles. The van der Waals surface area contributed by atoms with E-state index in [2.05, 4.69) is 26.8 Å². The summed E-state index contributed by atoms with van der Waals surface area (Å²) in [5.41, 5.74) is -2.18. The van der Waals surface area contributed by atoms with E-state index < -0.39 is 58.4 Å².